The topological polar surface area (TPSA) is 13.1 Å². The van der Waals surface area contributed by atoms with E-state index in [1.54, 1.807) is 0 Å². The normalized spacial score (nSPS) is 20.0. The van der Waals surface area contributed by atoms with Crippen LogP contribution in [0.2, 0.25) is 0 Å². The summed E-state index contributed by atoms with van der Waals surface area (Å²) in [6.07, 6.45) is -0.958. The fraction of sp³-hybridized carbons (Fsp3) is 0.0196. The van der Waals surface area contributed by atoms with E-state index < -0.39 is 291 Å². The maximum atomic E-state index is 9.70. The number of benzene rings is 10. The van der Waals surface area contributed by atoms with Crippen LogP contribution in [0, 0.1) is 0 Å². The Labute approximate surface area is 343 Å². The molecule has 0 aliphatic rings. The average molecular weight is 691 g/mol. The molecule has 0 bridgehead atoms. The van der Waals surface area contributed by atoms with E-state index in [4.69, 9.17) is 29.1 Å². The molecule has 0 radical (unpaired) electrons. The summed E-state index contributed by atoms with van der Waals surface area (Å²) in [7, 11) is 0. The monoisotopic (exact) mass is 690 g/mol. The lowest BCUT2D eigenvalue weighted by Gasteiger charge is -2.18. The molecule has 11 aromatic rings. The zero-order valence-corrected chi connectivity index (χ0v) is 26.1. The highest BCUT2D eigenvalue weighted by Gasteiger charge is 2.17. The van der Waals surface area contributed by atoms with Gasteiger partial charge in [-0.15, -0.1) is 0 Å². The number of hydrogen-bond acceptors (Lipinski definition) is 1. The Balaban J connectivity index is 1.24. The molecule has 0 N–H and O–H groups in total. The lowest BCUT2D eigenvalue weighted by Crippen LogP contribution is -1.95. The van der Waals surface area contributed by atoms with Crippen LogP contribution in [-0.4, -0.2) is 0 Å². The van der Waals surface area contributed by atoms with E-state index in [0.717, 1.165) is 0 Å². The van der Waals surface area contributed by atoms with Gasteiger partial charge in [-0.1, -0.05) is 157 Å². The summed E-state index contributed by atoms with van der Waals surface area (Å²) in [5.41, 5.74) is -4.96. The van der Waals surface area contributed by atoms with Crippen molar-refractivity contribution in [2.45, 2.75) is 6.42 Å². The molecule has 0 spiro atoms. The first-order valence-electron chi connectivity index (χ1n) is 30.6. The van der Waals surface area contributed by atoms with Gasteiger partial charge in [0.2, 0.25) is 0 Å². The SMILES string of the molecule is [2H]c1c([2H])c(-c2c([2H])c([2H])c3oc4c5c([2H])c([2H])c([2H])c([2H])c5c([2H])c([2H])c4c3c2[2H])c([2H])c([2H])c1Cc1c2c([2H])c([2H])c([2H])c([2H])c2c(-c2c([2H])c([2H])c3c(c2[2H])c([2H])c([2H])c2c([2H])c([2H])c([2H])c([2H])c23)c2c([2H])c([2H])c([2H])c([2H])c12. The molecule has 1 aromatic heterocycles. The van der Waals surface area contributed by atoms with E-state index in [0.29, 0.717) is 0 Å². The van der Waals surface area contributed by atoms with Gasteiger partial charge in [-0.3, -0.25) is 0 Å². The smallest absolute Gasteiger partial charge is 0.143 e. The van der Waals surface area contributed by atoms with Crippen molar-refractivity contribution in [1.29, 1.82) is 0 Å². The van der Waals surface area contributed by atoms with E-state index in [1.165, 1.54) is 0 Å². The van der Waals surface area contributed by atoms with Crippen LogP contribution in [0.1, 0.15) is 52.2 Å². The van der Waals surface area contributed by atoms with Crippen molar-refractivity contribution in [3.8, 4) is 22.3 Å². The fourth-order valence-corrected chi connectivity index (χ4v) is 6.43. The number of hydrogen-bond donors (Lipinski definition) is 0. The predicted molar refractivity (Wildman–Crippen MR) is 221 cm³/mol. The molecule has 0 fully saturated rings. The molecule has 0 aliphatic carbocycles. The Bertz CT molecular complexity index is 4840. The van der Waals surface area contributed by atoms with Gasteiger partial charge in [-0.25, -0.2) is 0 Å². The van der Waals surface area contributed by atoms with E-state index >= 15 is 0 Å². The molecule has 0 saturated carbocycles. The van der Waals surface area contributed by atoms with Gasteiger partial charge >= 0.3 is 0 Å². The molecule has 0 unspecified atom stereocenters. The summed E-state index contributed by atoms with van der Waals surface area (Å²) in [6.45, 7) is 0. The van der Waals surface area contributed by atoms with Crippen molar-refractivity contribution >= 4 is 75.8 Å². The molecule has 1 heterocycles. The van der Waals surface area contributed by atoms with Crippen molar-refractivity contribution in [2.24, 2.45) is 0 Å². The first-order valence-corrected chi connectivity index (χ1v) is 15.6. The first-order chi connectivity index (χ1) is 38.3. The molecule has 0 saturated heterocycles. The van der Waals surface area contributed by atoms with Crippen LogP contribution in [0.15, 0.2) is 186 Å². The fourth-order valence-electron chi connectivity index (χ4n) is 6.43. The first kappa shape index (κ1) is 12.2. The minimum absolute atomic E-state index is 0.376. The highest BCUT2D eigenvalue weighted by atomic mass is 16.3. The Hall–Kier alpha value is -6.70. The van der Waals surface area contributed by atoms with Crippen molar-refractivity contribution in [1.82, 2.24) is 0 Å². The summed E-state index contributed by atoms with van der Waals surface area (Å²) >= 11 is 0. The standard InChI is InChI=1S/C51H32O/c1-3-11-39-34(9-1)21-22-37-30-38(24-26-40(37)39)50-44-15-7-5-13-42(44)47(43-14-6-8-16-45(43)50)29-32-17-19-33(20-18-32)36-25-28-49-48(31-36)46-27-23-35-10-2-4-12-41(35)51(46)52-49/h1-28,30-31H,29H2/i1D,2D,3D,4D,5D,6D,7D,8D,9D,10D,11D,12D,13D,14D,15D,16D,17D,18D,19D,20D,21D,22D,23D,24D,25D,26D,27D,28D,30D,31D. The lowest BCUT2D eigenvalue weighted by atomic mass is 9.85. The number of rotatable bonds is 4. The summed E-state index contributed by atoms with van der Waals surface area (Å²) in [5, 5.41) is -6.31. The second-order valence-electron chi connectivity index (χ2n) is 11.6. The zero-order valence-electron chi connectivity index (χ0n) is 56.1. The third kappa shape index (κ3) is 4.49. The zero-order chi connectivity index (χ0) is 60.3. The van der Waals surface area contributed by atoms with Gasteiger partial charge in [0.05, 0.1) is 41.1 Å². The molecule has 0 aliphatic heterocycles. The second kappa shape index (κ2) is 11.4. The maximum absolute atomic E-state index is 9.70. The van der Waals surface area contributed by atoms with Gasteiger partial charge in [0.25, 0.3) is 0 Å². The minimum atomic E-state index is -0.978. The predicted octanol–water partition coefficient (Wildman–Crippen LogP) is 14.3. The quantitative estimate of drug-likeness (QED) is 0.132. The van der Waals surface area contributed by atoms with Gasteiger partial charge in [-0.05, 0) is 112 Å². The molecule has 52 heavy (non-hydrogen) atoms. The van der Waals surface area contributed by atoms with E-state index in [9.17, 15) is 16.4 Å². The van der Waals surface area contributed by atoms with Gasteiger partial charge in [0.1, 0.15) is 11.2 Å². The Morgan fingerprint density at radius 1 is 0.365 bits per heavy atom. The number of furan rings is 1. The van der Waals surface area contributed by atoms with Crippen LogP contribution in [-0.2, 0) is 6.42 Å². The summed E-state index contributed by atoms with van der Waals surface area (Å²) < 4.78 is 276. The van der Waals surface area contributed by atoms with Crippen molar-refractivity contribution in [2.75, 3.05) is 0 Å². The average Bonchev–Trinajstić information content (AvgIpc) is 1.11. The van der Waals surface area contributed by atoms with Gasteiger partial charge in [-0.2, -0.15) is 0 Å². The van der Waals surface area contributed by atoms with E-state index in [1.807, 2.05) is 0 Å². The minimum Gasteiger partial charge on any atom is -0.455 e. The highest BCUT2D eigenvalue weighted by molar-refractivity contribution is 6.17. The van der Waals surface area contributed by atoms with Crippen LogP contribution >= 0.6 is 0 Å². The second-order valence-corrected chi connectivity index (χ2v) is 11.6. The van der Waals surface area contributed by atoms with E-state index in [2.05, 4.69) is 0 Å². The summed E-state index contributed by atoms with van der Waals surface area (Å²) in [6, 6.07) is -25.7. The molecular weight excluding hydrogens is 629 g/mol. The molecule has 0 amide bonds. The molecule has 0 atom stereocenters. The Morgan fingerprint density at radius 2 is 0.904 bits per heavy atom. The maximum Gasteiger partial charge on any atom is 0.143 e. The molecule has 10 aromatic carbocycles. The number of fused-ring (bicyclic) bond motifs is 10. The van der Waals surface area contributed by atoms with Crippen LogP contribution in [0.3, 0.4) is 0 Å². The highest BCUT2D eigenvalue weighted by Crippen LogP contribution is 2.42. The molecule has 1 nitrogen and oxygen atoms in total. The lowest BCUT2D eigenvalue weighted by molar-refractivity contribution is 0.672. The summed E-state index contributed by atoms with van der Waals surface area (Å²) in [5.74, 6) is 0. The van der Waals surface area contributed by atoms with Crippen LogP contribution in [0.5, 0.6) is 0 Å². The van der Waals surface area contributed by atoms with Crippen molar-refractivity contribution in [3.63, 3.8) is 0 Å². The van der Waals surface area contributed by atoms with Crippen LogP contribution in [0.25, 0.3) is 98.1 Å². The van der Waals surface area contributed by atoms with Crippen molar-refractivity contribution in [3.05, 3.63) is 192 Å². The van der Waals surface area contributed by atoms with Gasteiger partial charge in [0.15, 0.2) is 0 Å². The molecular formula is C51H32O. The van der Waals surface area contributed by atoms with E-state index in [-0.39, 0.29) is 5.39 Å². The molecule has 11 rings (SSSR count). The van der Waals surface area contributed by atoms with Crippen molar-refractivity contribution < 1.29 is 45.5 Å². The van der Waals surface area contributed by atoms with Gasteiger partial charge in [0, 0.05) is 16.2 Å². The largest absolute Gasteiger partial charge is 0.455 e. The molecule has 242 valence electrons. The third-order valence-electron chi connectivity index (χ3n) is 8.76. The Morgan fingerprint density at radius 3 is 1.65 bits per heavy atom. The molecule has 1 heteroatoms. The Kier molecular flexibility index (Phi) is 2.68. The summed E-state index contributed by atoms with van der Waals surface area (Å²) in [4.78, 5) is 0. The van der Waals surface area contributed by atoms with Crippen LogP contribution in [0.4, 0.5) is 0 Å². The van der Waals surface area contributed by atoms with Gasteiger partial charge < -0.3 is 4.42 Å². The third-order valence-corrected chi connectivity index (χ3v) is 8.76. The van der Waals surface area contributed by atoms with Crippen LogP contribution < -0.4 is 0 Å².